The minimum absolute atomic E-state index is 0.133. The quantitative estimate of drug-likeness (QED) is 0.210. The highest BCUT2D eigenvalue weighted by Gasteiger charge is 2.27. The maximum atomic E-state index is 14.9. The fourth-order valence-electron chi connectivity index (χ4n) is 4.47. The van der Waals surface area contributed by atoms with E-state index in [4.69, 9.17) is 14.2 Å². The molecular formula is C27H20FN3O4S2. The lowest BCUT2D eigenvalue weighted by molar-refractivity contribution is 0.101. The zero-order valence-corrected chi connectivity index (χ0v) is 21.5. The number of benzene rings is 3. The molecule has 0 atom stereocenters. The predicted molar refractivity (Wildman–Crippen MR) is 143 cm³/mol. The molecule has 7 nitrogen and oxygen atoms in total. The van der Waals surface area contributed by atoms with Crippen LogP contribution in [0, 0.1) is 5.82 Å². The number of thiophene rings is 1. The van der Waals surface area contributed by atoms with Gasteiger partial charge in [0.05, 0.1) is 47.8 Å². The monoisotopic (exact) mass is 533 g/mol. The number of carbonyl (C=O) groups is 1. The lowest BCUT2D eigenvalue weighted by Crippen LogP contribution is -2.14. The Hall–Kier alpha value is -4.02. The molecule has 0 radical (unpaired) electrons. The van der Waals surface area contributed by atoms with Gasteiger partial charge in [-0.25, -0.2) is 9.18 Å². The summed E-state index contributed by atoms with van der Waals surface area (Å²) >= 11 is 2.72. The molecule has 6 aromatic rings. The molecule has 3 aromatic heterocycles. The van der Waals surface area contributed by atoms with Gasteiger partial charge in [-0.3, -0.25) is 0 Å². The number of carbonyl (C=O) groups excluding carboxylic acids is 1. The Labute approximate surface area is 219 Å². The number of fused-ring (bicyclic) bond motifs is 4. The van der Waals surface area contributed by atoms with Crippen LogP contribution in [0.3, 0.4) is 0 Å². The Morgan fingerprint density at radius 3 is 2.70 bits per heavy atom. The molecule has 3 aromatic carbocycles. The molecule has 10 heteroatoms. The van der Waals surface area contributed by atoms with Crippen molar-refractivity contribution in [1.29, 1.82) is 0 Å². The third-order valence-corrected chi connectivity index (χ3v) is 7.80. The van der Waals surface area contributed by atoms with Crippen LogP contribution in [-0.4, -0.2) is 33.2 Å². The minimum Gasteiger partial charge on any atom is -0.494 e. The number of rotatable bonds is 6. The molecule has 0 amide bonds. The Bertz CT molecular complexity index is 1790. The SMILES string of the molecule is CCOC(=O)Oc1c(-c2ccc(OC)c(F)c2)c2sc3ccccc3c2n1Cc1ccc2nsnc2c1. The molecule has 0 aliphatic rings. The zero-order valence-electron chi connectivity index (χ0n) is 19.9. The van der Waals surface area contributed by atoms with Gasteiger partial charge in [-0.05, 0) is 48.4 Å². The van der Waals surface area contributed by atoms with E-state index in [0.29, 0.717) is 17.7 Å². The first-order valence-corrected chi connectivity index (χ1v) is 13.1. The van der Waals surface area contributed by atoms with Gasteiger partial charge in [0.25, 0.3) is 0 Å². The van der Waals surface area contributed by atoms with Crippen LogP contribution in [0.25, 0.3) is 42.5 Å². The first-order chi connectivity index (χ1) is 18.1. The van der Waals surface area contributed by atoms with Gasteiger partial charge in [0.2, 0.25) is 5.88 Å². The molecule has 0 unspecified atom stereocenters. The standard InChI is InChI=1S/C27H20FN3O4S2/c1-3-34-27(32)35-26-23(16-9-11-21(33-2)18(28)13-16)25-24(17-6-4-5-7-22(17)36-25)31(26)14-15-8-10-19-20(12-15)30-37-29-19/h4-13H,3,14H2,1-2H3. The minimum atomic E-state index is -0.826. The number of aromatic nitrogens is 3. The van der Waals surface area contributed by atoms with Crippen molar-refractivity contribution in [2.45, 2.75) is 13.5 Å². The van der Waals surface area contributed by atoms with Gasteiger partial charge in [-0.1, -0.05) is 30.3 Å². The molecule has 0 saturated heterocycles. The molecule has 37 heavy (non-hydrogen) atoms. The molecule has 0 spiro atoms. The predicted octanol–water partition coefficient (Wildman–Crippen LogP) is 7.26. The fraction of sp³-hybridized carbons (Fsp3) is 0.148. The maximum Gasteiger partial charge on any atom is 0.515 e. The number of hydrogen-bond acceptors (Lipinski definition) is 8. The van der Waals surface area contributed by atoms with Crippen molar-refractivity contribution in [3.63, 3.8) is 0 Å². The number of halogens is 1. The summed E-state index contributed by atoms with van der Waals surface area (Å²) in [5, 5.41) is 1.01. The van der Waals surface area contributed by atoms with Crippen molar-refractivity contribution >= 4 is 60.6 Å². The molecule has 0 aliphatic heterocycles. The van der Waals surface area contributed by atoms with Gasteiger partial charge in [0.15, 0.2) is 11.6 Å². The third kappa shape index (κ3) is 4.08. The van der Waals surface area contributed by atoms with Gasteiger partial charge >= 0.3 is 6.16 Å². The second-order valence-electron chi connectivity index (χ2n) is 8.26. The summed E-state index contributed by atoms with van der Waals surface area (Å²) in [5.74, 6) is -0.0918. The highest BCUT2D eigenvalue weighted by molar-refractivity contribution is 7.26. The van der Waals surface area contributed by atoms with Crippen LogP contribution in [0.4, 0.5) is 9.18 Å². The van der Waals surface area contributed by atoms with E-state index in [1.165, 1.54) is 13.2 Å². The summed E-state index contributed by atoms with van der Waals surface area (Å²) in [6.45, 7) is 2.26. The molecule has 6 rings (SSSR count). The molecule has 0 N–H and O–H groups in total. The highest BCUT2D eigenvalue weighted by Crippen LogP contribution is 2.48. The molecule has 0 aliphatic carbocycles. The first-order valence-electron chi connectivity index (χ1n) is 11.5. The van der Waals surface area contributed by atoms with Crippen LogP contribution in [0.1, 0.15) is 12.5 Å². The van der Waals surface area contributed by atoms with E-state index in [1.807, 2.05) is 47.0 Å². The maximum absolute atomic E-state index is 14.9. The Morgan fingerprint density at radius 2 is 1.89 bits per heavy atom. The lowest BCUT2D eigenvalue weighted by atomic mass is 10.1. The average Bonchev–Trinajstić information content (AvgIpc) is 3.58. The van der Waals surface area contributed by atoms with Crippen molar-refractivity contribution in [2.75, 3.05) is 13.7 Å². The number of methoxy groups -OCH3 is 1. The lowest BCUT2D eigenvalue weighted by Gasteiger charge is -2.13. The average molecular weight is 534 g/mol. The van der Waals surface area contributed by atoms with Crippen LogP contribution < -0.4 is 9.47 Å². The molecule has 0 saturated carbocycles. The normalized spacial score (nSPS) is 11.4. The number of hydrogen-bond donors (Lipinski definition) is 0. The summed E-state index contributed by atoms with van der Waals surface area (Å²) in [5.41, 5.74) is 4.64. The van der Waals surface area contributed by atoms with Crippen molar-refractivity contribution in [1.82, 2.24) is 13.3 Å². The molecule has 0 bridgehead atoms. The van der Waals surface area contributed by atoms with Gasteiger partial charge in [0, 0.05) is 10.1 Å². The van der Waals surface area contributed by atoms with E-state index < -0.39 is 12.0 Å². The van der Waals surface area contributed by atoms with E-state index >= 15 is 0 Å². The van der Waals surface area contributed by atoms with Crippen molar-refractivity contribution in [3.05, 3.63) is 72.0 Å². The second kappa shape index (κ2) is 9.45. The molecule has 3 heterocycles. The summed E-state index contributed by atoms with van der Waals surface area (Å²) in [6.07, 6.45) is -0.826. The van der Waals surface area contributed by atoms with Gasteiger partial charge in [-0.2, -0.15) is 8.75 Å². The smallest absolute Gasteiger partial charge is 0.494 e. The highest BCUT2D eigenvalue weighted by atomic mass is 32.1. The largest absolute Gasteiger partial charge is 0.515 e. The van der Waals surface area contributed by atoms with Crippen molar-refractivity contribution in [3.8, 4) is 22.8 Å². The zero-order chi connectivity index (χ0) is 25.5. The van der Waals surface area contributed by atoms with E-state index in [-0.39, 0.29) is 18.2 Å². The van der Waals surface area contributed by atoms with Crippen molar-refractivity contribution < 1.29 is 23.4 Å². The Kier molecular flexibility index (Phi) is 5.97. The second-order valence-corrected chi connectivity index (χ2v) is 9.84. The molecular weight excluding hydrogens is 513 g/mol. The number of nitrogens with zero attached hydrogens (tertiary/aromatic N) is 3. The Balaban J connectivity index is 1.63. The van der Waals surface area contributed by atoms with Gasteiger partial charge in [0.1, 0.15) is 11.0 Å². The van der Waals surface area contributed by atoms with Gasteiger partial charge in [-0.15, -0.1) is 11.3 Å². The van der Waals surface area contributed by atoms with Crippen LogP contribution in [0.15, 0.2) is 60.7 Å². The van der Waals surface area contributed by atoms with E-state index in [0.717, 1.165) is 48.6 Å². The van der Waals surface area contributed by atoms with Crippen LogP contribution in [0.2, 0.25) is 0 Å². The third-order valence-electron chi connectivity index (χ3n) is 6.07. The first kappa shape index (κ1) is 23.4. The van der Waals surface area contributed by atoms with Gasteiger partial charge < -0.3 is 18.8 Å². The van der Waals surface area contributed by atoms with Crippen molar-refractivity contribution in [2.24, 2.45) is 0 Å². The molecule has 186 valence electrons. The fourth-order valence-corrected chi connectivity index (χ4v) is 6.25. The topological polar surface area (TPSA) is 75.5 Å². The van der Waals surface area contributed by atoms with Crippen LogP contribution >= 0.6 is 23.1 Å². The Morgan fingerprint density at radius 1 is 1.05 bits per heavy atom. The van der Waals surface area contributed by atoms with Crippen LogP contribution in [-0.2, 0) is 11.3 Å². The molecule has 0 fully saturated rings. The number of ether oxygens (including phenoxy) is 3. The summed E-state index contributed by atoms with van der Waals surface area (Å²) < 4.78 is 43.5. The van der Waals surface area contributed by atoms with E-state index in [1.54, 1.807) is 30.4 Å². The summed E-state index contributed by atoms with van der Waals surface area (Å²) in [7, 11) is 1.42. The summed E-state index contributed by atoms with van der Waals surface area (Å²) in [4.78, 5) is 12.6. The van der Waals surface area contributed by atoms with Crippen LogP contribution in [0.5, 0.6) is 11.6 Å². The van der Waals surface area contributed by atoms with E-state index in [2.05, 4.69) is 8.75 Å². The summed E-state index contributed by atoms with van der Waals surface area (Å²) in [6, 6.07) is 18.6. The van der Waals surface area contributed by atoms with E-state index in [9.17, 15) is 9.18 Å².